The molecule has 0 fully saturated rings. The Bertz CT molecular complexity index is 3780. The number of carboxylic acid groups (broad SMARTS) is 1. The van der Waals surface area contributed by atoms with Gasteiger partial charge in [0.1, 0.15) is 19.8 Å². The van der Waals surface area contributed by atoms with Crippen molar-refractivity contribution in [1.82, 2.24) is 0 Å². The standard InChI is InChI=1S/C27H29NO3.C19H21NO4.C17H20N2O.C9H9ClO2.C8H9NO2/c1-2-17-28(25-11-7-4-8-12-25)27(30)19-23-15-13-22(14-16-23)18-26(29)21-31-20-24-9-5-3-6-10-24;21-11-10-20(17-4-2-1-3-5-17)19(24)13-16-8-6-15(7-9-16)12-18(23)14-22;1-2-12-19(16-6-4-3-5-7-16)17(20)13-14-8-10-15(18)11-9-14;10-9(11)7-12-6-8-4-2-1-3-5-8;9-7-3-1-6(2-4-7)5-8(10)11/h3-16H,2,17-21H2,1H3;1-9,21-22H,10-14H2;3-11H,2,12-13,18H2,1H3;1-5H,6-7H2;1-4H,5,9H2,(H,10,11). The fourth-order valence-electron chi connectivity index (χ4n) is 9.61. The van der Waals surface area contributed by atoms with Crippen LogP contribution in [0, 0.1) is 0 Å². The van der Waals surface area contributed by atoms with E-state index in [4.69, 9.17) is 42.8 Å². The first-order valence-electron chi connectivity index (χ1n) is 32.3. The number of aliphatic hydroxyl groups is 2. The molecule has 7 N–H and O–H groups in total. The SMILES string of the molecule is CCCN(C(=O)Cc1ccc(CC(=O)COCc2ccccc2)cc1)c1ccccc1.CCCN(C(=O)Cc1ccc(N)cc1)c1ccccc1.Nc1ccc(CC(=O)O)cc1.O=C(CO)Cc1ccc(CC(=O)N(CCO)c2ccccc2)cc1.O=C(Cl)COCc1ccccc1. The van der Waals surface area contributed by atoms with Crippen LogP contribution in [0.25, 0.3) is 0 Å². The molecule has 0 aromatic heterocycles. The van der Waals surface area contributed by atoms with Gasteiger partial charge in [-0.2, -0.15) is 0 Å². The van der Waals surface area contributed by atoms with Crippen LogP contribution in [0.5, 0.6) is 0 Å². The van der Waals surface area contributed by atoms with Crippen molar-refractivity contribution in [3.63, 3.8) is 0 Å². The van der Waals surface area contributed by atoms with Crippen LogP contribution >= 0.6 is 11.6 Å². The van der Waals surface area contributed by atoms with Gasteiger partial charge in [0, 0.05) is 60.9 Å². The van der Waals surface area contributed by atoms with Crippen LogP contribution in [0.15, 0.2) is 249 Å². The summed E-state index contributed by atoms with van der Waals surface area (Å²) in [5, 5.41) is 25.9. The van der Waals surface area contributed by atoms with Crippen LogP contribution in [-0.4, -0.2) is 102 Å². The van der Waals surface area contributed by atoms with Gasteiger partial charge in [-0.25, -0.2) is 0 Å². The summed E-state index contributed by atoms with van der Waals surface area (Å²) < 4.78 is 10.5. The molecule has 3 amide bonds. The van der Waals surface area contributed by atoms with E-state index in [2.05, 4.69) is 13.8 Å². The number of amides is 3. The number of ketones is 2. The normalized spacial score (nSPS) is 10.3. The number of hydrogen-bond acceptors (Lipinski definition) is 13. The Morgan fingerprint density at radius 2 is 0.643 bits per heavy atom. The summed E-state index contributed by atoms with van der Waals surface area (Å²) in [5.74, 6) is -0.937. The highest BCUT2D eigenvalue weighted by Gasteiger charge is 2.19. The van der Waals surface area contributed by atoms with Crippen LogP contribution in [0.4, 0.5) is 28.4 Å². The summed E-state index contributed by atoms with van der Waals surface area (Å²) in [6.45, 7) is 6.17. The highest BCUT2D eigenvalue weighted by Crippen LogP contribution is 2.20. The lowest BCUT2D eigenvalue weighted by molar-refractivity contribution is -0.136. The van der Waals surface area contributed by atoms with E-state index in [9.17, 15) is 38.7 Å². The molecule has 0 spiro atoms. The van der Waals surface area contributed by atoms with E-state index >= 15 is 0 Å². The van der Waals surface area contributed by atoms with Gasteiger partial charge in [0.25, 0.3) is 0 Å². The van der Waals surface area contributed by atoms with Crippen molar-refractivity contribution in [3.8, 4) is 0 Å². The lowest BCUT2D eigenvalue weighted by atomic mass is 10.0. The van der Waals surface area contributed by atoms with E-state index < -0.39 is 17.8 Å². The zero-order valence-corrected chi connectivity index (χ0v) is 56.3. The summed E-state index contributed by atoms with van der Waals surface area (Å²) in [5.41, 5.74) is 22.4. The number of Topliss-reactive ketones (excluding diaryl/α,β-unsaturated/α-hetero) is 2. The molecule has 0 aliphatic carbocycles. The number of ether oxygens (including phenoxy) is 2. The molecule has 512 valence electrons. The molecule has 0 atom stereocenters. The number of para-hydroxylation sites is 3. The number of rotatable bonds is 30. The molecule has 9 aromatic carbocycles. The number of nitrogens with two attached hydrogens (primary N) is 2. The predicted molar refractivity (Wildman–Crippen MR) is 389 cm³/mol. The number of carbonyl (C=O) groups excluding carboxylic acids is 6. The van der Waals surface area contributed by atoms with Crippen molar-refractivity contribution >= 4 is 80.5 Å². The van der Waals surface area contributed by atoms with Crippen molar-refractivity contribution in [3.05, 3.63) is 293 Å². The van der Waals surface area contributed by atoms with Gasteiger partial charge in [-0.05, 0) is 130 Å². The number of aliphatic hydroxyl groups excluding tert-OH is 2. The molecule has 98 heavy (non-hydrogen) atoms. The fourth-order valence-corrected chi connectivity index (χ4v) is 9.69. The van der Waals surface area contributed by atoms with Crippen molar-refractivity contribution in [1.29, 1.82) is 0 Å². The number of nitrogen functional groups attached to an aromatic ring is 2. The number of benzene rings is 9. The second-order valence-corrected chi connectivity index (χ2v) is 22.9. The highest BCUT2D eigenvalue weighted by atomic mass is 35.5. The van der Waals surface area contributed by atoms with Crippen molar-refractivity contribution in [2.24, 2.45) is 0 Å². The largest absolute Gasteiger partial charge is 0.481 e. The third-order valence-electron chi connectivity index (χ3n) is 14.4. The Morgan fingerprint density at radius 3 is 0.949 bits per heavy atom. The van der Waals surface area contributed by atoms with Crippen LogP contribution in [0.2, 0.25) is 0 Å². The third-order valence-corrected chi connectivity index (χ3v) is 14.5. The molecule has 0 unspecified atom stereocenters. The number of carboxylic acids is 1. The fraction of sp³-hybridized carbons (Fsp3) is 0.237. The molecular weight excluding hydrogens is 1260 g/mol. The second kappa shape index (κ2) is 45.1. The summed E-state index contributed by atoms with van der Waals surface area (Å²) >= 11 is 5.08. The van der Waals surface area contributed by atoms with Gasteiger partial charge in [0.05, 0.1) is 45.5 Å². The molecule has 0 radical (unpaired) electrons. The predicted octanol–water partition coefficient (Wildman–Crippen LogP) is 12.5. The monoisotopic (exact) mass is 1350 g/mol. The van der Waals surface area contributed by atoms with Gasteiger partial charge in [-0.3, -0.25) is 33.6 Å². The van der Waals surface area contributed by atoms with Crippen LogP contribution in [-0.2, 0) is 94.8 Å². The number of aliphatic carboxylic acids is 1. The third kappa shape index (κ3) is 31.0. The zero-order valence-electron chi connectivity index (χ0n) is 55.6. The maximum absolute atomic E-state index is 12.9. The van der Waals surface area contributed by atoms with Crippen molar-refractivity contribution in [2.75, 3.05) is 72.2 Å². The van der Waals surface area contributed by atoms with E-state index in [0.717, 1.165) is 86.6 Å². The topological polar surface area (TPSA) is 260 Å². The van der Waals surface area contributed by atoms with Gasteiger partial charge in [-0.15, -0.1) is 0 Å². The minimum absolute atomic E-state index is 0.0313. The molecule has 0 heterocycles. The summed E-state index contributed by atoms with van der Waals surface area (Å²) in [4.78, 5) is 87.0. The molecule has 0 saturated heterocycles. The first kappa shape index (κ1) is 78.3. The van der Waals surface area contributed by atoms with Gasteiger partial charge in [0.2, 0.25) is 23.0 Å². The number of hydrogen-bond donors (Lipinski definition) is 5. The smallest absolute Gasteiger partial charge is 0.307 e. The summed E-state index contributed by atoms with van der Waals surface area (Å²) in [6, 6.07) is 77.4. The minimum Gasteiger partial charge on any atom is -0.481 e. The van der Waals surface area contributed by atoms with E-state index in [1.54, 1.807) is 53.4 Å². The Morgan fingerprint density at radius 1 is 0.357 bits per heavy atom. The summed E-state index contributed by atoms with van der Waals surface area (Å²) in [6.07, 6.45) is 3.35. The van der Waals surface area contributed by atoms with Crippen LogP contribution < -0.4 is 26.2 Å². The second-order valence-electron chi connectivity index (χ2n) is 22.5. The maximum Gasteiger partial charge on any atom is 0.307 e. The summed E-state index contributed by atoms with van der Waals surface area (Å²) in [7, 11) is 0. The lowest BCUT2D eigenvalue weighted by Crippen LogP contribution is -2.34. The molecular formula is C80H88ClN5O12. The Kier molecular flexibility index (Phi) is 36.0. The molecule has 17 nitrogen and oxygen atoms in total. The van der Waals surface area contributed by atoms with Crippen LogP contribution in [0.1, 0.15) is 71.2 Å². The van der Waals surface area contributed by atoms with E-state index in [1.807, 2.05) is 210 Å². The van der Waals surface area contributed by atoms with Crippen molar-refractivity contribution in [2.45, 2.75) is 78.4 Å². The molecule has 9 aromatic rings. The van der Waals surface area contributed by atoms with E-state index in [0.29, 0.717) is 44.7 Å². The van der Waals surface area contributed by atoms with E-state index in [-0.39, 0.29) is 74.9 Å². The van der Waals surface area contributed by atoms with Crippen LogP contribution in [0.3, 0.4) is 0 Å². The van der Waals surface area contributed by atoms with Gasteiger partial charge < -0.3 is 51.0 Å². The quantitative estimate of drug-likeness (QED) is 0.0207. The first-order valence-corrected chi connectivity index (χ1v) is 32.6. The van der Waals surface area contributed by atoms with Gasteiger partial charge in [0.15, 0.2) is 11.6 Å². The first-order chi connectivity index (χ1) is 47.5. The van der Waals surface area contributed by atoms with Gasteiger partial charge >= 0.3 is 5.97 Å². The van der Waals surface area contributed by atoms with Gasteiger partial charge in [-0.1, -0.05) is 202 Å². The number of carbonyl (C=O) groups is 7. The minimum atomic E-state index is -0.824. The number of nitrogens with zero attached hydrogens (tertiary/aromatic N) is 3. The van der Waals surface area contributed by atoms with E-state index in [1.165, 1.54) is 0 Å². The number of halogens is 1. The Labute approximate surface area is 579 Å². The average molecular weight is 1350 g/mol. The number of anilines is 5. The Balaban J connectivity index is 0.000000232. The maximum atomic E-state index is 12.9. The molecule has 0 bridgehead atoms. The zero-order chi connectivity index (χ0) is 70.7. The van der Waals surface area contributed by atoms with Crippen molar-refractivity contribution < 1.29 is 58.4 Å². The molecule has 0 aliphatic rings. The Hall–Kier alpha value is -10.4. The molecule has 0 aliphatic heterocycles. The lowest BCUT2D eigenvalue weighted by Gasteiger charge is -2.22. The molecule has 0 saturated carbocycles. The molecule has 9 rings (SSSR count). The molecule has 18 heteroatoms. The highest BCUT2D eigenvalue weighted by molar-refractivity contribution is 6.63. The average Bonchev–Trinajstić information content (AvgIpc) is 0.973.